The number of carboxylic acid groups (broad SMARTS) is 1. The largest absolute Gasteiger partial charge is 0.476 e. The van der Waals surface area contributed by atoms with E-state index in [4.69, 9.17) is 16.7 Å². The number of halogens is 4. The van der Waals surface area contributed by atoms with Crippen LogP contribution < -0.4 is 0 Å². The molecule has 0 aliphatic rings. The van der Waals surface area contributed by atoms with Crippen molar-refractivity contribution in [1.29, 1.82) is 0 Å². The Kier molecular flexibility index (Phi) is 4.43. The Morgan fingerprint density at radius 2 is 1.76 bits per heavy atom. The first-order valence-electron chi connectivity index (χ1n) is 5.52. The number of alkyl halides is 3. The molecule has 0 bridgehead atoms. The molecule has 0 radical (unpaired) electrons. The molecule has 0 aliphatic heterocycles. The average Bonchev–Trinajstić information content (AvgIpc) is 2.38. The van der Waals surface area contributed by atoms with E-state index in [0.717, 1.165) is 0 Å². The van der Waals surface area contributed by atoms with Crippen LogP contribution in [0, 0.1) is 0 Å². The van der Waals surface area contributed by atoms with Crippen LogP contribution in [0.15, 0.2) is 41.3 Å². The molecule has 2 aromatic rings. The lowest BCUT2D eigenvalue weighted by atomic mass is 10.1. The van der Waals surface area contributed by atoms with Crippen LogP contribution >= 0.6 is 23.4 Å². The summed E-state index contributed by atoms with van der Waals surface area (Å²) in [6.45, 7) is 0. The molecule has 1 heterocycles. The molecule has 0 amide bonds. The predicted octanol–water partition coefficient (Wildman–Crippen LogP) is 4.71. The SMILES string of the molecule is O=C(O)c1nc(-c2ccc(SC(F)(F)F)cc2)ccc1Cl. The van der Waals surface area contributed by atoms with Gasteiger partial charge in [0.1, 0.15) is 0 Å². The second-order valence-electron chi connectivity index (χ2n) is 3.90. The van der Waals surface area contributed by atoms with Crippen LogP contribution in [0.1, 0.15) is 10.5 Å². The molecule has 1 N–H and O–H groups in total. The van der Waals surface area contributed by atoms with Crippen LogP contribution in [0.4, 0.5) is 13.2 Å². The van der Waals surface area contributed by atoms with Gasteiger partial charge >= 0.3 is 11.5 Å². The highest BCUT2D eigenvalue weighted by Crippen LogP contribution is 2.37. The van der Waals surface area contributed by atoms with E-state index in [2.05, 4.69) is 4.98 Å². The van der Waals surface area contributed by atoms with Gasteiger partial charge in [0.2, 0.25) is 0 Å². The van der Waals surface area contributed by atoms with Gasteiger partial charge in [-0.2, -0.15) is 13.2 Å². The van der Waals surface area contributed by atoms with Crippen LogP contribution in [0.2, 0.25) is 5.02 Å². The summed E-state index contributed by atoms with van der Waals surface area (Å²) in [6, 6.07) is 8.35. The summed E-state index contributed by atoms with van der Waals surface area (Å²) in [4.78, 5) is 14.9. The molecule has 0 spiro atoms. The van der Waals surface area contributed by atoms with Crippen LogP contribution in [0.3, 0.4) is 0 Å². The summed E-state index contributed by atoms with van der Waals surface area (Å²) in [5.74, 6) is -1.27. The van der Waals surface area contributed by atoms with Crippen LogP contribution in [-0.2, 0) is 0 Å². The summed E-state index contributed by atoms with van der Waals surface area (Å²) >= 11 is 5.48. The number of aromatic nitrogens is 1. The molecule has 8 heteroatoms. The summed E-state index contributed by atoms with van der Waals surface area (Å²) in [6.07, 6.45) is 0. The van der Waals surface area contributed by atoms with Crippen molar-refractivity contribution in [2.24, 2.45) is 0 Å². The molecular formula is C13H7ClF3NO2S. The lowest BCUT2D eigenvalue weighted by molar-refractivity contribution is -0.0328. The molecule has 21 heavy (non-hydrogen) atoms. The number of aromatic carboxylic acids is 1. The fourth-order valence-corrected chi connectivity index (χ4v) is 2.31. The Morgan fingerprint density at radius 3 is 2.29 bits per heavy atom. The first kappa shape index (κ1) is 15.7. The van der Waals surface area contributed by atoms with Gasteiger partial charge in [-0.05, 0) is 36.0 Å². The van der Waals surface area contributed by atoms with Gasteiger partial charge in [-0.1, -0.05) is 23.7 Å². The Labute approximate surface area is 126 Å². The number of benzene rings is 1. The highest BCUT2D eigenvalue weighted by atomic mass is 35.5. The predicted molar refractivity (Wildman–Crippen MR) is 73.6 cm³/mol. The zero-order chi connectivity index (χ0) is 15.6. The molecule has 2 rings (SSSR count). The maximum Gasteiger partial charge on any atom is 0.446 e. The Hall–Kier alpha value is -1.73. The van der Waals surface area contributed by atoms with E-state index < -0.39 is 11.5 Å². The Bertz CT molecular complexity index is 674. The number of nitrogens with zero attached hydrogens (tertiary/aromatic N) is 1. The first-order valence-corrected chi connectivity index (χ1v) is 6.72. The van der Waals surface area contributed by atoms with Gasteiger partial charge in [-0.3, -0.25) is 0 Å². The van der Waals surface area contributed by atoms with Crippen molar-refractivity contribution >= 4 is 29.3 Å². The minimum Gasteiger partial charge on any atom is -0.476 e. The summed E-state index contributed by atoms with van der Waals surface area (Å²) in [7, 11) is 0. The topological polar surface area (TPSA) is 50.2 Å². The van der Waals surface area contributed by atoms with Gasteiger partial charge in [-0.25, -0.2) is 9.78 Å². The average molecular weight is 334 g/mol. The van der Waals surface area contributed by atoms with Crippen molar-refractivity contribution in [3.05, 3.63) is 47.1 Å². The van der Waals surface area contributed by atoms with Crippen molar-refractivity contribution in [3.63, 3.8) is 0 Å². The third-order valence-corrected chi connectivity index (χ3v) is 3.48. The number of carbonyl (C=O) groups is 1. The number of hydrogen-bond donors (Lipinski definition) is 1. The highest BCUT2D eigenvalue weighted by Gasteiger charge is 2.29. The second kappa shape index (κ2) is 5.95. The number of thioether (sulfide) groups is 1. The van der Waals surface area contributed by atoms with E-state index in [1.54, 1.807) is 0 Å². The molecule has 1 aromatic heterocycles. The van der Waals surface area contributed by atoms with Crippen LogP contribution in [0.25, 0.3) is 11.3 Å². The normalized spacial score (nSPS) is 11.4. The van der Waals surface area contributed by atoms with E-state index in [9.17, 15) is 18.0 Å². The first-order chi connectivity index (χ1) is 9.76. The molecule has 0 saturated carbocycles. The van der Waals surface area contributed by atoms with Crippen LogP contribution in [-0.4, -0.2) is 21.6 Å². The van der Waals surface area contributed by atoms with Crippen molar-refractivity contribution in [2.75, 3.05) is 0 Å². The summed E-state index contributed by atoms with van der Waals surface area (Å²) in [5, 5.41) is 8.93. The lowest BCUT2D eigenvalue weighted by Gasteiger charge is -2.07. The van der Waals surface area contributed by atoms with Crippen LogP contribution in [0.5, 0.6) is 0 Å². The minimum absolute atomic E-state index is 0.00417. The number of carboxylic acids is 1. The second-order valence-corrected chi connectivity index (χ2v) is 5.45. The summed E-state index contributed by atoms with van der Waals surface area (Å²) in [5.41, 5.74) is -3.83. The van der Waals surface area contributed by atoms with Crippen molar-refractivity contribution in [2.45, 2.75) is 10.4 Å². The molecule has 3 nitrogen and oxygen atoms in total. The van der Waals surface area contributed by atoms with Gasteiger partial charge in [-0.15, -0.1) is 0 Å². The molecule has 0 saturated heterocycles. The maximum atomic E-state index is 12.2. The number of hydrogen-bond acceptors (Lipinski definition) is 3. The van der Waals surface area contributed by atoms with Crippen molar-refractivity contribution in [1.82, 2.24) is 4.98 Å². The summed E-state index contributed by atoms with van der Waals surface area (Å²) < 4.78 is 36.7. The van der Waals surface area contributed by atoms with E-state index >= 15 is 0 Å². The van der Waals surface area contributed by atoms with Crippen molar-refractivity contribution < 1.29 is 23.1 Å². The van der Waals surface area contributed by atoms with E-state index in [-0.39, 0.29) is 27.4 Å². The third kappa shape index (κ3) is 4.12. The van der Waals surface area contributed by atoms with Gasteiger partial charge in [0.05, 0.1) is 10.7 Å². The standard InChI is InChI=1S/C13H7ClF3NO2S/c14-9-5-6-10(18-11(9)12(19)20)7-1-3-8(4-2-7)21-13(15,16)17/h1-6H,(H,19,20). The smallest absolute Gasteiger partial charge is 0.446 e. The van der Waals surface area contributed by atoms with E-state index in [1.807, 2.05) is 0 Å². The molecular weight excluding hydrogens is 327 g/mol. The molecule has 0 atom stereocenters. The molecule has 110 valence electrons. The zero-order valence-corrected chi connectivity index (χ0v) is 11.8. The molecule has 0 unspecified atom stereocenters. The fourth-order valence-electron chi connectivity index (χ4n) is 1.58. The van der Waals surface area contributed by atoms with Gasteiger partial charge in [0.25, 0.3) is 0 Å². The number of rotatable bonds is 3. The molecule has 0 fully saturated rings. The molecule has 1 aromatic carbocycles. The Morgan fingerprint density at radius 1 is 1.14 bits per heavy atom. The maximum absolute atomic E-state index is 12.2. The quantitative estimate of drug-likeness (QED) is 0.826. The lowest BCUT2D eigenvalue weighted by Crippen LogP contribution is -2.02. The highest BCUT2D eigenvalue weighted by molar-refractivity contribution is 8.00. The van der Waals surface area contributed by atoms with E-state index in [0.29, 0.717) is 11.3 Å². The minimum atomic E-state index is -4.35. The monoisotopic (exact) mass is 333 g/mol. The van der Waals surface area contributed by atoms with Gasteiger partial charge in [0.15, 0.2) is 5.69 Å². The number of pyridine rings is 1. The zero-order valence-electron chi connectivity index (χ0n) is 10.2. The van der Waals surface area contributed by atoms with Gasteiger partial charge < -0.3 is 5.11 Å². The third-order valence-electron chi connectivity index (χ3n) is 2.43. The van der Waals surface area contributed by atoms with E-state index in [1.165, 1.54) is 36.4 Å². The van der Waals surface area contributed by atoms with Crippen molar-refractivity contribution in [3.8, 4) is 11.3 Å². The molecule has 0 aliphatic carbocycles. The fraction of sp³-hybridized carbons (Fsp3) is 0.0769. The van der Waals surface area contributed by atoms with Gasteiger partial charge in [0, 0.05) is 10.5 Å². The Balaban J connectivity index is 2.31.